The number of halogens is 1. The Balaban J connectivity index is 2.37. The van der Waals surface area contributed by atoms with Crippen LogP contribution in [0.25, 0.3) is 0 Å². The number of aliphatic hydroxyl groups excluding tert-OH is 1. The summed E-state index contributed by atoms with van der Waals surface area (Å²) in [5.74, 6) is 0.539. The van der Waals surface area contributed by atoms with Crippen LogP contribution in [0.2, 0.25) is 0 Å². The molecule has 106 valence electrons. The van der Waals surface area contributed by atoms with E-state index < -0.39 is 6.10 Å². The number of unbranched alkanes of at least 4 members (excludes halogenated alkanes) is 1. The third kappa shape index (κ3) is 5.72. The van der Waals surface area contributed by atoms with Crippen LogP contribution in [0.5, 0.6) is 5.75 Å². The lowest BCUT2D eigenvalue weighted by Crippen LogP contribution is -2.23. The predicted molar refractivity (Wildman–Crippen MR) is 76.8 cm³/mol. The van der Waals surface area contributed by atoms with Crippen molar-refractivity contribution in [2.45, 2.75) is 25.9 Å². The zero-order valence-electron chi connectivity index (χ0n) is 11.0. The van der Waals surface area contributed by atoms with Crippen molar-refractivity contribution in [1.82, 2.24) is 0 Å². The van der Waals surface area contributed by atoms with Crippen molar-refractivity contribution in [3.63, 3.8) is 0 Å². The van der Waals surface area contributed by atoms with Crippen LogP contribution < -0.4 is 4.74 Å². The molecule has 5 heteroatoms. The van der Waals surface area contributed by atoms with Gasteiger partial charge in [-0.1, -0.05) is 25.5 Å². The van der Waals surface area contributed by atoms with E-state index in [-0.39, 0.29) is 13.2 Å². The van der Waals surface area contributed by atoms with Gasteiger partial charge in [-0.05, 0) is 28.4 Å². The van der Waals surface area contributed by atoms with Gasteiger partial charge in [-0.3, -0.25) is 4.79 Å². The Labute approximate surface area is 121 Å². The fourth-order valence-electron chi connectivity index (χ4n) is 1.43. The first-order chi connectivity index (χ1) is 9.19. The molecule has 0 amide bonds. The molecule has 0 saturated carbocycles. The maximum atomic E-state index is 10.8. The number of rotatable bonds is 9. The highest BCUT2D eigenvalue weighted by molar-refractivity contribution is 9.10. The highest BCUT2D eigenvalue weighted by Crippen LogP contribution is 2.27. The quantitative estimate of drug-likeness (QED) is 0.558. The summed E-state index contributed by atoms with van der Waals surface area (Å²) in [5, 5.41) is 9.69. The molecule has 0 fully saturated rings. The predicted octanol–water partition coefficient (Wildman–Crippen LogP) is 2.82. The molecule has 4 nitrogen and oxygen atoms in total. The minimum Gasteiger partial charge on any atom is -0.490 e. The van der Waals surface area contributed by atoms with Crippen molar-refractivity contribution >= 4 is 22.2 Å². The Bertz CT molecular complexity index is 395. The Kier molecular flexibility index (Phi) is 7.70. The van der Waals surface area contributed by atoms with Crippen molar-refractivity contribution in [2.24, 2.45) is 0 Å². The molecule has 0 aromatic heterocycles. The molecule has 0 aliphatic carbocycles. The SMILES string of the molecule is CCCCOCC(O)COc1cccc(C=O)c1Br. The van der Waals surface area contributed by atoms with Gasteiger partial charge in [0.05, 0.1) is 11.1 Å². The van der Waals surface area contributed by atoms with E-state index in [4.69, 9.17) is 9.47 Å². The average Bonchev–Trinajstić information content (AvgIpc) is 2.42. The van der Waals surface area contributed by atoms with Crippen LogP contribution in [0, 0.1) is 0 Å². The lowest BCUT2D eigenvalue weighted by molar-refractivity contribution is 0.0111. The highest BCUT2D eigenvalue weighted by Gasteiger charge is 2.09. The molecule has 0 aliphatic rings. The van der Waals surface area contributed by atoms with Crippen molar-refractivity contribution in [2.75, 3.05) is 19.8 Å². The van der Waals surface area contributed by atoms with Gasteiger partial charge < -0.3 is 14.6 Å². The van der Waals surface area contributed by atoms with Crippen LogP contribution >= 0.6 is 15.9 Å². The van der Waals surface area contributed by atoms with E-state index in [0.29, 0.717) is 22.4 Å². The number of hydrogen-bond acceptors (Lipinski definition) is 4. The van der Waals surface area contributed by atoms with Crippen molar-refractivity contribution in [3.8, 4) is 5.75 Å². The summed E-state index contributed by atoms with van der Waals surface area (Å²) < 4.78 is 11.4. The van der Waals surface area contributed by atoms with Crippen molar-refractivity contribution in [3.05, 3.63) is 28.2 Å². The van der Waals surface area contributed by atoms with E-state index in [1.165, 1.54) is 0 Å². The van der Waals surface area contributed by atoms with Crippen molar-refractivity contribution < 1.29 is 19.4 Å². The molecule has 0 spiro atoms. The van der Waals surface area contributed by atoms with Crippen molar-refractivity contribution in [1.29, 1.82) is 0 Å². The van der Waals surface area contributed by atoms with Crippen LogP contribution in [0.4, 0.5) is 0 Å². The highest BCUT2D eigenvalue weighted by atomic mass is 79.9. The molecule has 0 aliphatic heterocycles. The number of aldehydes is 1. The zero-order valence-corrected chi connectivity index (χ0v) is 12.6. The fraction of sp³-hybridized carbons (Fsp3) is 0.500. The van der Waals surface area contributed by atoms with Gasteiger partial charge in [0.2, 0.25) is 0 Å². The number of benzene rings is 1. The average molecular weight is 331 g/mol. The summed E-state index contributed by atoms with van der Waals surface area (Å²) in [7, 11) is 0. The Morgan fingerprint density at radius 1 is 1.42 bits per heavy atom. The van der Waals surface area contributed by atoms with E-state index in [1.807, 2.05) is 0 Å². The van der Waals surface area contributed by atoms with Gasteiger partial charge in [0.1, 0.15) is 18.5 Å². The normalized spacial score (nSPS) is 12.2. The van der Waals surface area contributed by atoms with Crippen LogP contribution in [0.15, 0.2) is 22.7 Å². The summed E-state index contributed by atoms with van der Waals surface area (Å²) in [6.07, 6.45) is 2.13. The number of hydrogen-bond donors (Lipinski definition) is 1. The van der Waals surface area contributed by atoms with Gasteiger partial charge in [0.25, 0.3) is 0 Å². The summed E-state index contributed by atoms with van der Waals surface area (Å²) in [4.78, 5) is 10.8. The Morgan fingerprint density at radius 3 is 2.89 bits per heavy atom. The van der Waals surface area contributed by atoms with Crippen LogP contribution in [-0.2, 0) is 4.74 Å². The van der Waals surface area contributed by atoms with Crippen LogP contribution in [0.1, 0.15) is 30.1 Å². The van der Waals surface area contributed by atoms with Crippen LogP contribution in [0.3, 0.4) is 0 Å². The van der Waals surface area contributed by atoms with Crippen LogP contribution in [-0.4, -0.2) is 37.3 Å². The number of carbonyl (C=O) groups excluding carboxylic acids is 1. The van der Waals surface area contributed by atoms with Gasteiger partial charge in [-0.15, -0.1) is 0 Å². The molecule has 1 aromatic rings. The number of carbonyl (C=O) groups is 1. The molecule has 1 aromatic carbocycles. The molecule has 0 radical (unpaired) electrons. The van der Waals surface area contributed by atoms with E-state index in [1.54, 1.807) is 18.2 Å². The van der Waals surface area contributed by atoms with Gasteiger partial charge in [-0.25, -0.2) is 0 Å². The fourth-order valence-corrected chi connectivity index (χ4v) is 1.90. The third-order valence-corrected chi connectivity index (χ3v) is 3.35. The van der Waals surface area contributed by atoms with E-state index in [2.05, 4.69) is 22.9 Å². The van der Waals surface area contributed by atoms with E-state index >= 15 is 0 Å². The number of ether oxygens (including phenoxy) is 2. The molecule has 1 unspecified atom stereocenters. The molecule has 1 atom stereocenters. The Hall–Kier alpha value is -0.910. The summed E-state index contributed by atoms with van der Waals surface area (Å²) in [5.41, 5.74) is 0.520. The largest absolute Gasteiger partial charge is 0.490 e. The maximum absolute atomic E-state index is 10.8. The second-order valence-corrected chi connectivity index (χ2v) is 4.96. The summed E-state index contributed by atoms with van der Waals surface area (Å²) in [6.45, 7) is 3.12. The second kappa shape index (κ2) is 9.07. The summed E-state index contributed by atoms with van der Waals surface area (Å²) >= 11 is 3.30. The molecule has 0 heterocycles. The standard InChI is InChI=1S/C14H19BrO4/c1-2-3-7-18-9-12(17)10-19-13-6-4-5-11(8-16)14(13)15/h4-6,8,12,17H,2-3,7,9-10H2,1H3. The number of aliphatic hydroxyl groups is 1. The van der Waals surface area contributed by atoms with E-state index in [9.17, 15) is 9.90 Å². The monoisotopic (exact) mass is 330 g/mol. The summed E-state index contributed by atoms with van der Waals surface area (Å²) in [6, 6.07) is 5.16. The first-order valence-electron chi connectivity index (χ1n) is 6.31. The molecule has 19 heavy (non-hydrogen) atoms. The lowest BCUT2D eigenvalue weighted by atomic mass is 10.2. The molecular weight excluding hydrogens is 312 g/mol. The minimum atomic E-state index is -0.677. The zero-order chi connectivity index (χ0) is 14.1. The molecular formula is C14H19BrO4. The van der Waals surface area contributed by atoms with E-state index in [0.717, 1.165) is 19.1 Å². The molecule has 1 rings (SSSR count). The topological polar surface area (TPSA) is 55.8 Å². The molecule has 0 bridgehead atoms. The smallest absolute Gasteiger partial charge is 0.151 e. The van der Waals surface area contributed by atoms with Gasteiger partial charge in [0, 0.05) is 12.2 Å². The van der Waals surface area contributed by atoms with Gasteiger partial charge in [0.15, 0.2) is 6.29 Å². The second-order valence-electron chi connectivity index (χ2n) is 4.17. The third-order valence-electron chi connectivity index (χ3n) is 2.50. The van der Waals surface area contributed by atoms with Gasteiger partial charge in [-0.2, -0.15) is 0 Å². The Morgan fingerprint density at radius 2 is 2.21 bits per heavy atom. The first-order valence-corrected chi connectivity index (χ1v) is 7.10. The molecule has 1 N–H and O–H groups in total. The first kappa shape index (κ1) is 16.1. The minimum absolute atomic E-state index is 0.132. The lowest BCUT2D eigenvalue weighted by Gasteiger charge is -2.14. The molecule has 0 saturated heterocycles. The van der Waals surface area contributed by atoms with Gasteiger partial charge >= 0.3 is 0 Å². The maximum Gasteiger partial charge on any atom is 0.151 e.